The molecule has 1 saturated heterocycles. The number of H-pyrrole nitrogens is 1. The third-order valence-electron chi connectivity index (χ3n) is 3.57. The normalized spacial score (nSPS) is 15.0. The van der Waals surface area contributed by atoms with Gasteiger partial charge >= 0.3 is 30.3 Å². The van der Waals surface area contributed by atoms with Gasteiger partial charge in [0.1, 0.15) is 0 Å². The van der Waals surface area contributed by atoms with Crippen molar-refractivity contribution in [1.29, 1.82) is 0 Å². The van der Waals surface area contributed by atoms with Gasteiger partial charge in [0.05, 0.1) is 18.6 Å². The summed E-state index contributed by atoms with van der Waals surface area (Å²) in [6.07, 6.45) is 3.60. The maximum absolute atomic E-state index is 9.91. The summed E-state index contributed by atoms with van der Waals surface area (Å²) in [5.41, 5.74) is 1.36. The Morgan fingerprint density at radius 1 is 1.27 bits per heavy atom. The van der Waals surface area contributed by atoms with Crippen LogP contribution in [0.4, 0.5) is 5.69 Å². The number of hydrogen-bond acceptors (Lipinski definition) is 3. The Balaban J connectivity index is 0.000000847. The number of azo groups is 1. The van der Waals surface area contributed by atoms with Gasteiger partial charge in [-0.2, -0.15) is 0 Å². The summed E-state index contributed by atoms with van der Waals surface area (Å²) in [5.74, 6) is 0.0557. The molecule has 1 aromatic heterocycles. The van der Waals surface area contributed by atoms with Crippen LogP contribution in [-0.4, -0.2) is 33.2 Å². The summed E-state index contributed by atoms with van der Waals surface area (Å²) in [6, 6.07) is 7.64. The Hall–Kier alpha value is -1.14. The zero-order valence-electron chi connectivity index (χ0n) is 11.8. The van der Waals surface area contributed by atoms with E-state index in [9.17, 15) is 5.11 Å². The van der Waals surface area contributed by atoms with Gasteiger partial charge in [0, 0.05) is 17.6 Å². The first kappa shape index (κ1) is 17.2. The molecule has 3 N–H and O–H groups in total. The zero-order valence-corrected chi connectivity index (χ0v) is 14.3. The van der Waals surface area contributed by atoms with E-state index >= 15 is 0 Å². The zero-order chi connectivity index (χ0) is 15.9. The number of hydrogen-bond donors (Lipinski definition) is 3. The molecule has 0 aliphatic carbocycles. The molecule has 0 unspecified atom stereocenters. The molecule has 1 fully saturated rings. The fourth-order valence-electron chi connectivity index (χ4n) is 2.50. The van der Waals surface area contributed by atoms with Crippen molar-refractivity contribution in [2.24, 2.45) is 5.11 Å². The van der Waals surface area contributed by atoms with E-state index in [0.717, 1.165) is 24.0 Å². The topological polar surface area (TPSA) is 65.6 Å². The second-order valence-corrected chi connectivity index (χ2v) is 5.33. The number of halogens is 1. The van der Waals surface area contributed by atoms with E-state index in [2.05, 4.69) is 45.3 Å². The van der Waals surface area contributed by atoms with Crippen LogP contribution in [0.15, 0.2) is 29.4 Å². The minimum atomic E-state index is 0.0557. The van der Waals surface area contributed by atoms with E-state index in [4.69, 9.17) is 12.2 Å². The van der Waals surface area contributed by atoms with Gasteiger partial charge < -0.3 is 10.1 Å². The van der Waals surface area contributed by atoms with Gasteiger partial charge in [0.25, 0.3) is 0 Å². The quantitative estimate of drug-likeness (QED) is 0.400. The minimum absolute atomic E-state index is 0.0557. The van der Waals surface area contributed by atoms with Gasteiger partial charge in [-0.15, -0.1) is 5.11 Å². The van der Waals surface area contributed by atoms with E-state index in [-0.39, 0.29) is 5.88 Å². The number of fused-ring (bicyclic) bond motifs is 1. The summed E-state index contributed by atoms with van der Waals surface area (Å²) >= 11 is 9.00. The molecule has 5 nitrogen and oxygen atoms in total. The first-order chi connectivity index (χ1) is 10.8. The van der Waals surface area contributed by atoms with Crippen molar-refractivity contribution in [3.63, 3.8) is 0 Å². The number of thiocarbonyl (C=S) groups is 1. The SMILES string of the molecule is Oc1[nH]c2ccccc2c1N=[NH+]C(=S)N1CCCCC1.[Cl][Cu+]. The second-order valence-electron chi connectivity index (χ2n) is 4.94. The Morgan fingerprint density at radius 2 is 1.95 bits per heavy atom. The summed E-state index contributed by atoms with van der Waals surface area (Å²) in [6.45, 7) is 1.95. The second kappa shape index (κ2) is 8.48. The number of benzene rings is 1. The molecule has 0 radical (unpaired) electrons. The number of aromatic nitrogens is 1. The first-order valence-electron chi connectivity index (χ1n) is 6.92. The van der Waals surface area contributed by atoms with Crippen LogP contribution in [-0.2, 0) is 15.1 Å². The van der Waals surface area contributed by atoms with Gasteiger partial charge in [-0.3, -0.25) is 4.90 Å². The molecular weight excluding hydrogens is 371 g/mol. The van der Waals surface area contributed by atoms with Crippen molar-refractivity contribution in [3.8, 4) is 5.88 Å². The molecule has 0 saturated carbocycles. The van der Waals surface area contributed by atoms with Crippen molar-refractivity contribution in [1.82, 2.24) is 9.88 Å². The van der Waals surface area contributed by atoms with Gasteiger partial charge in [-0.05, 0) is 25.3 Å². The molecule has 0 amide bonds. The molecule has 121 valence electrons. The third kappa shape index (κ3) is 3.98. The molecule has 22 heavy (non-hydrogen) atoms. The Kier molecular flexibility index (Phi) is 6.64. The van der Waals surface area contributed by atoms with Gasteiger partial charge in [0.2, 0.25) is 5.88 Å². The fraction of sp³-hybridized carbons (Fsp3) is 0.357. The number of nitrogens with one attached hydrogen (secondary N) is 2. The number of piperidine rings is 1. The monoisotopic (exact) mass is 387 g/mol. The van der Waals surface area contributed by atoms with Crippen LogP contribution in [0.1, 0.15) is 19.3 Å². The van der Waals surface area contributed by atoms with Crippen LogP contribution in [0.2, 0.25) is 0 Å². The number of likely N-dealkylation sites (tertiary alicyclic amines) is 1. The molecule has 3 rings (SSSR count). The van der Waals surface area contributed by atoms with Crippen LogP contribution in [0.25, 0.3) is 10.9 Å². The van der Waals surface area contributed by atoms with Crippen molar-refractivity contribution < 1.29 is 25.3 Å². The first-order valence-corrected chi connectivity index (χ1v) is 8.63. The molecule has 2 heterocycles. The average Bonchev–Trinajstić information content (AvgIpc) is 2.90. The predicted molar refractivity (Wildman–Crippen MR) is 86.9 cm³/mol. The molecule has 1 aliphatic rings. The Labute approximate surface area is 146 Å². The molecule has 1 aromatic carbocycles. The molecule has 0 spiro atoms. The van der Waals surface area contributed by atoms with E-state index < -0.39 is 0 Å². The van der Waals surface area contributed by atoms with Crippen LogP contribution in [0.3, 0.4) is 0 Å². The van der Waals surface area contributed by atoms with Crippen molar-refractivity contribution in [2.45, 2.75) is 19.3 Å². The number of aromatic hydroxyl groups is 1. The van der Waals surface area contributed by atoms with E-state index in [1.54, 1.807) is 0 Å². The average molecular weight is 388 g/mol. The molecular formula is C14H17ClCuN4OS+2. The summed E-state index contributed by atoms with van der Waals surface area (Å²) < 4.78 is 0. The summed E-state index contributed by atoms with van der Waals surface area (Å²) in [5, 5.41) is 18.6. The van der Waals surface area contributed by atoms with Crippen molar-refractivity contribution >= 4 is 44.0 Å². The fourth-order valence-corrected chi connectivity index (χ4v) is 2.73. The van der Waals surface area contributed by atoms with Crippen LogP contribution in [0.5, 0.6) is 5.88 Å². The number of rotatable bonds is 1. The molecule has 8 heteroatoms. The van der Waals surface area contributed by atoms with Gasteiger partial charge in [-0.1, -0.05) is 23.3 Å². The van der Waals surface area contributed by atoms with E-state index in [0.29, 0.717) is 10.8 Å². The van der Waals surface area contributed by atoms with Crippen LogP contribution < -0.4 is 5.11 Å². The van der Waals surface area contributed by atoms with Crippen LogP contribution >= 0.6 is 22.3 Å². The van der Waals surface area contributed by atoms with Crippen LogP contribution in [0, 0.1) is 0 Å². The standard InChI is InChI=1S/C14H16N4OS.ClH.Cu/c19-13-12(10-6-2-3-7-11(10)15-13)16-17-14(20)18-8-4-1-5-9-18;;/h2-3,6-7,15,19H,1,4-5,8-9H2;1H;/q;;+2. The Bertz CT molecular complexity index is 670. The van der Waals surface area contributed by atoms with Gasteiger partial charge in [0.15, 0.2) is 5.69 Å². The van der Waals surface area contributed by atoms with E-state index in [1.165, 1.54) is 19.3 Å². The molecule has 2 aromatic rings. The predicted octanol–water partition coefficient (Wildman–Crippen LogP) is 2.50. The number of aromatic amines is 1. The van der Waals surface area contributed by atoms with Crippen molar-refractivity contribution in [3.05, 3.63) is 24.3 Å². The maximum atomic E-state index is 9.91. The summed E-state index contributed by atoms with van der Waals surface area (Å²) in [7, 11) is 4.20. The van der Waals surface area contributed by atoms with Gasteiger partial charge in [-0.25, -0.2) is 0 Å². The summed E-state index contributed by atoms with van der Waals surface area (Å²) in [4.78, 5) is 5.01. The number of para-hydroxylation sites is 1. The van der Waals surface area contributed by atoms with Crippen molar-refractivity contribution in [2.75, 3.05) is 13.1 Å². The number of nitrogens with zero attached hydrogens (tertiary/aromatic N) is 2. The van der Waals surface area contributed by atoms with E-state index in [1.807, 2.05) is 24.3 Å². The molecule has 0 atom stereocenters. The molecule has 1 aliphatic heterocycles. The third-order valence-corrected chi connectivity index (χ3v) is 3.92. The Morgan fingerprint density at radius 3 is 2.68 bits per heavy atom. The molecule has 0 bridgehead atoms.